The van der Waals surface area contributed by atoms with Gasteiger partial charge >= 0.3 is 6.03 Å². The monoisotopic (exact) mass is 518 g/mol. The molecular weight excluding hydrogens is 495 g/mol. The first kappa shape index (κ1) is 25.5. The molecule has 4 aromatic rings. The average molecular weight is 519 g/mol. The number of nitrogens with one attached hydrogen (secondary N) is 3. The molecule has 3 amide bonds. The first-order chi connectivity index (χ1) is 17.8. The molecule has 0 unspecified atom stereocenters. The molecule has 0 saturated carbocycles. The predicted molar refractivity (Wildman–Crippen MR) is 141 cm³/mol. The lowest BCUT2D eigenvalue weighted by atomic mass is 10.2. The van der Waals surface area contributed by atoms with Gasteiger partial charge in [-0.1, -0.05) is 6.07 Å². The number of thiophene rings is 1. The highest BCUT2D eigenvalue weighted by Crippen LogP contribution is 2.29. The van der Waals surface area contributed by atoms with Crippen molar-refractivity contribution in [3.63, 3.8) is 0 Å². The van der Waals surface area contributed by atoms with E-state index >= 15 is 0 Å². The summed E-state index contributed by atoms with van der Waals surface area (Å²) in [6.45, 7) is 3.20. The molecule has 0 atom stereocenters. The first-order valence-corrected chi connectivity index (χ1v) is 12.1. The number of ether oxygens (including phenoxy) is 1. The van der Waals surface area contributed by atoms with Gasteiger partial charge in [-0.3, -0.25) is 14.6 Å². The molecule has 2 aromatic carbocycles. The van der Waals surface area contributed by atoms with E-state index in [0.717, 1.165) is 11.1 Å². The van der Waals surface area contributed by atoms with Crippen LogP contribution < -0.4 is 20.7 Å². The van der Waals surface area contributed by atoms with Gasteiger partial charge in [0.15, 0.2) is 0 Å². The second-order valence-electron chi connectivity index (χ2n) is 8.15. The molecule has 0 radical (unpaired) electrons. The molecule has 0 bridgehead atoms. The number of carbonyl (C=O) groups is 3. The average Bonchev–Trinajstić information content (AvgIpc) is 3.37. The number of carbonyl (C=O) groups excluding carboxylic acids is 3. The number of amides is 3. The molecule has 2 aromatic heterocycles. The van der Waals surface area contributed by atoms with Gasteiger partial charge in [-0.2, -0.15) is 0 Å². The number of aromatic nitrogens is 1. The number of ketones is 1. The van der Waals surface area contributed by atoms with Crippen LogP contribution in [0.15, 0.2) is 72.2 Å². The van der Waals surface area contributed by atoms with E-state index in [9.17, 15) is 18.8 Å². The normalized spacial score (nSPS) is 10.5. The van der Waals surface area contributed by atoms with Crippen LogP contribution in [0.3, 0.4) is 0 Å². The van der Waals surface area contributed by atoms with Gasteiger partial charge in [-0.15, -0.1) is 11.3 Å². The standard InChI is InChI=1S/C27H23FN4O4S/c1-16-3-8-22(28)24(11-16)32-27(35)31-19-4-6-20(7-5-19)36-21-9-10-29-23(13-21)18-12-25(37-15-18)26(34)30-14-17(2)33/h3-13,15H,14H2,1-2H3,(H,30,34)(H2,31,32,35). The minimum absolute atomic E-state index is 0.0160. The number of hydrogen-bond donors (Lipinski definition) is 3. The van der Waals surface area contributed by atoms with E-state index in [4.69, 9.17) is 4.74 Å². The van der Waals surface area contributed by atoms with Gasteiger partial charge in [0.1, 0.15) is 23.1 Å². The SMILES string of the molecule is CC(=O)CNC(=O)c1cc(-c2cc(Oc3ccc(NC(=O)Nc4cc(C)ccc4F)cc3)ccn2)cs1. The molecule has 0 aliphatic rings. The Bertz CT molecular complexity index is 1450. The summed E-state index contributed by atoms with van der Waals surface area (Å²) < 4.78 is 19.8. The number of Topliss-reactive ketones (excluding diaryl/α,β-unsaturated/α-hetero) is 1. The fourth-order valence-electron chi connectivity index (χ4n) is 3.28. The molecule has 8 nitrogen and oxygen atoms in total. The summed E-state index contributed by atoms with van der Waals surface area (Å²) in [5, 5.41) is 9.53. The van der Waals surface area contributed by atoms with Crippen LogP contribution in [-0.2, 0) is 4.79 Å². The smallest absolute Gasteiger partial charge is 0.323 e. The summed E-state index contributed by atoms with van der Waals surface area (Å²) in [5.74, 6) is 0.109. The Kier molecular flexibility index (Phi) is 7.89. The third-order valence-electron chi connectivity index (χ3n) is 5.07. The Morgan fingerprint density at radius 2 is 1.76 bits per heavy atom. The minimum atomic E-state index is -0.568. The zero-order chi connectivity index (χ0) is 26.4. The highest BCUT2D eigenvalue weighted by atomic mass is 32.1. The van der Waals surface area contributed by atoms with Crippen LogP contribution in [0.5, 0.6) is 11.5 Å². The molecule has 0 spiro atoms. The molecule has 0 fully saturated rings. The molecule has 0 aliphatic heterocycles. The lowest BCUT2D eigenvalue weighted by molar-refractivity contribution is -0.116. The summed E-state index contributed by atoms with van der Waals surface area (Å²) >= 11 is 1.26. The van der Waals surface area contributed by atoms with E-state index in [1.165, 1.54) is 24.3 Å². The second-order valence-corrected chi connectivity index (χ2v) is 9.06. The van der Waals surface area contributed by atoms with Gasteiger partial charge in [-0.05, 0) is 67.9 Å². The fourth-order valence-corrected chi connectivity index (χ4v) is 4.09. The van der Waals surface area contributed by atoms with E-state index in [0.29, 0.717) is 27.8 Å². The van der Waals surface area contributed by atoms with Gasteiger partial charge in [0, 0.05) is 28.9 Å². The zero-order valence-corrected chi connectivity index (χ0v) is 20.8. The van der Waals surface area contributed by atoms with Crippen LogP contribution >= 0.6 is 11.3 Å². The molecule has 0 saturated heterocycles. The summed E-state index contributed by atoms with van der Waals surface area (Å²) in [7, 11) is 0. The van der Waals surface area contributed by atoms with Crippen molar-refractivity contribution in [1.29, 1.82) is 0 Å². The molecular formula is C27H23FN4O4S. The number of halogens is 1. The van der Waals surface area contributed by atoms with E-state index < -0.39 is 11.8 Å². The molecule has 10 heteroatoms. The van der Waals surface area contributed by atoms with E-state index in [1.54, 1.807) is 60.8 Å². The number of rotatable bonds is 8. The van der Waals surface area contributed by atoms with Gasteiger partial charge in [-0.25, -0.2) is 9.18 Å². The topological polar surface area (TPSA) is 109 Å². The maximum atomic E-state index is 13.9. The van der Waals surface area contributed by atoms with Gasteiger partial charge in [0.2, 0.25) is 0 Å². The second kappa shape index (κ2) is 11.4. The van der Waals surface area contributed by atoms with Crippen LogP contribution in [0.25, 0.3) is 11.3 Å². The highest BCUT2D eigenvalue weighted by Gasteiger charge is 2.12. The Hall–Kier alpha value is -4.57. The molecule has 188 valence electrons. The van der Waals surface area contributed by atoms with Crippen molar-refractivity contribution >= 4 is 40.4 Å². The van der Waals surface area contributed by atoms with Crippen molar-refractivity contribution in [2.75, 3.05) is 17.2 Å². The van der Waals surface area contributed by atoms with Crippen LogP contribution in [0, 0.1) is 12.7 Å². The predicted octanol–water partition coefficient (Wildman–Crippen LogP) is 6.01. The third kappa shape index (κ3) is 6.98. The minimum Gasteiger partial charge on any atom is -0.457 e. The van der Waals surface area contributed by atoms with E-state index in [1.807, 2.05) is 12.3 Å². The molecule has 0 aliphatic carbocycles. The number of anilines is 2. The van der Waals surface area contributed by atoms with E-state index in [2.05, 4.69) is 20.9 Å². The summed E-state index contributed by atoms with van der Waals surface area (Å²) in [6.07, 6.45) is 1.60. The van der Waals surface area contributed by atoms with Crippen LogP contribution in [0.4, 0.5) is 20.6 Å². The summed E-state index contributed by atoms with van der Waals surface area (Å²) in [6, 6.07) is 15.8. The maximum Gasteiger partial charge on any atom is 0.323 e. The van der Waals surface area contributed by atoms with Crippen molar-refractivity contribution in [3.8, 4) is 22.8 Å². The quantitative estimate of drug-likeness (QED) is 0.265. The van der Waals surface area contributed by atoms with Gasteiger partial charge in [0.05, 0.1) is 22.8 Å². The van der Waals surface area contributed by atoms with Gasteiger partial charge < -0.3 is 20.7 Å². The largest absolute Gasteiger partial charge is 0.457 e. The number of urea groups is 1. The van der Waals surface area contributed by atoms with Crippen molar-refractivity contribution in [1.82, 2.24) is 10.3 Å². The Balaban J connectivity index is 1.37. The van der Waals surface area contributed by atoms with Crippen molar-refractivity contribution in [2.24, 2.45) is 0 Å². The van der Waals surface area contributed by atoms with Crippen LogP contribution in [0.1, 0.15) is 22.2 Å². The molecule has 2 heterocycles. The lowest BCUT2D eigenvalue weighted by Gasteiger charge is -2.10. The molecule has 4 rings (SSSR count). The third-order valence-corrected chi connectivity index (χ3v) is 6.00. The number of pyridine rings is 1. The number of nitrogens with zero attached hydrogens (tertiary/aromatic N) is 1. The Morgan fingerprint density at radius 1 is 0.973 bits per heavy atom. The van der Waals surface area contributed by atoms with E-state index in [-0.39, 0.29) is 23.9 Å². The number of hydrogen-bond acceptors (Lipinski definition) is 6. The van der Waals surface area contributed by atoms with Crippen molar-refractivity contribution < 1.29 is 23.5 Å². The Morgan fingerprint density at radius 3 is 2.51 bits per heavy atom. The summed E-state index contributed by atoms with van der Waals surface area (Å²) in [4.78, 5) is 40.3. The maximum absolute atomic E-state index is 13.9. The number of benzene rings is 2. The zero-order valence-electron chi connectivity index (χ0n) is 20.0. The molecule has 3 N–H and O–H groups in total. The lowest BCUT2D eigenvalue weighted by Crippen LogP contribution is -2.27. The van der Waals surface area contributed by atoms with Crippen molar-refractivity contribution in [2.45, 2.75) is 13.8 Å². The highest BCUT2D eigenvalue weighted by molar-refractivity contribution is 7.12. The van der Waals surface area contributed by atoms with Crippen molar-refractivity contribution in [3.05, 3.63) is 88.5 Å². The van der Waals surface area contributed by atoms with Gasteiger partial charge in [0.25, 0.3) is 5.91 Å². The number of aryl methyl sites for hydroxylation is 1. The van der Waals surface area contributed by atoms with Crippen LogP contribution in [0.2, 0.25) is 0 Å². The summed E-state index contributed by atoms with van der Waals surface area (Å²) in [5.41, 5.74) is 2.80. The Labute approximate surface area is 216 Å². The molecule has 37 heavy (non-hydrogen) atoms. The first-order valence-electron chi connectivity index (χ1n) is 11.2. The fraction of sp³-hybridized carbons (Fsp3) is 0.111. The van der Waals surface area contributed by atoms with Crippen LogP contribution in [-0.4, -0.2) is 29.3 Å².